The number of halogens is 4. The van der Waals surface area contributed by atoms with Crippen molar-refractivity contribution in [1.29, 1.82) is 0 Å². The molecule has 0 saturated heterocycles. The van der Waals surface area contributed by atoms with Crippen molar-refractivity contribution in [3.63, 3.8) is 0 Å². The lowest BCUT2D eigenvalue weighted by molar-refractivity contribution is -0.125. The predicted octanol–water partition coefficient (Wildman–Crippen LogP) is 3.12. The average molecular weight is 328 g/mol. The first kappa shape index (κ1) is 15.1. The molecule has 0 aliphatic heterocycles. The van der Waals surface area contributed by atoms with Crippen molar-refractivity contribution in [2.45, 2.75) is 12.7 Å². The summed E-state index contributed by atoms with van der Waals surface area (Å²) < 4.78 is 46.8. The maximum atomic E-state index is 12.0. The number of benzene rings is 1. The van der Waals surface area contributed by atoms with Gasteiger partial charge >= 0.3 is 6.18 Å². The van der Waals surface area contributed by atoms with Gasteiger partial charge in [0, 0.05) is 11.0 Å². The largest absolute Gasteiger partial charge is 0.493 e. The molecule has 7 heteroatoms. The number of rotatable bonds is 5. The second-order valence-corrected chi connectivity index (χ2v) is 4.37. The van der Waals surface area contributed by atoms with Gasteiger partial charge in [-0.1, -0.05) is 15.9 Å². The maximum absolute atomic E-state index is 12.0. The summed E-state index contributed by atoms with van der Waals surface area (Å²) in [6.45, 7) is -0.950. The van der Waals surface area contributed by atoms with Crippen molar-refractivity contribution in [3.05, 3.63) is 22.2 Å². The SMILES string of the molecule is COc1cc(Br)c(CNCC(F)(F)F)cc1OC. The maximum Gasteiger partial charge on any atom is 0.401 e. The topological polar surface area (TPSA) is 30.5 Å². The van der Waals surface area contributed by atoms with Gasteiger partial charge in [0.2, 0.25) is 0 Å². The van der Waals surface area contributed by atoms with Crippen molar-refractivity contribution < 1.29 is 22.6 Å². The standard InChI is InChI=1S/C11H13BrF3NO2/c1-17-9-3-7(5-16-6-11(13,14)15)8(12)4-10(9)18-2/h3-4,16H,5-6H2,1-2H3. The fourth-order valence-corrected chi connectivity index (χ4v) is 1.83. The Kier molecular flexibility index (Phi) is 5.28. The van der Waals surface area contributed by atoms with Crippen LogP contribution in [-0.2, 0) is 6.54 Å². The summed E-state index contributed by atoms with van der Waals surface area (Å²) in [4.78, 5) is 0. The molecule has 3 nitrogen and oxygen atoms in total. The number of hydrogen-bond donors (Lipinski definition) is 1. The highest BCUT2D eigenvalue weighted by atomic mass is 79.9. The third kappa shape index (κ3) is 4.38. The first-order valence-electron chi connectivity index (χ1n) is 5.05. The summed E-state index contributed by atoms with van der Waals surface area (Å²) in [6, 6.07) is 3.29. The molecule has 0 aromatic heterocycles. The zero-order chi connectivity index (χ0) is 13.8. The van der Waals surface area contributed by atoms with E-state index in [0.29, 0.717) is 21.5 Å². The third-order valence-electron chi connectivity index (χ3n) is 2.19. The van der Waals surface area contributed by atoms with Gasteiger partial charge < -0.3 is 14.8 Å². The van der Waals surface area contributed by atoms with Crippen LogP contribution in [0, 0.1) is 0 Å². The van der Waals surface area contributed by atoms with E-state index in [1.165, 1.54) is 14.2 Å². The summed E-state index contributed by atoms with van der Waals surface area (Å²) in [5.74, 6) is 0.994. The molecule has 0 bridgehead atoms. The van der Waals surface area contributed by atoms with Gasteiger partial charge in [-0.3, -0.25) is 0 Å². The number of hydrogen-bond acceptors (Lipinski definition) is 3. The lowest BCUT2D eigenvalue weighted by atomic mass is 10.2. The van der Waals surface area contributed by atoms with E-state index in [4.69, 9.17) is 9.47 Å². The number of methoxy groups -OCH3 is 2. The van der Waals surface area contributed by atoms with Crippen LogP contribution in [0.25, 0.3) is 0 Å². The van der Waals surface area contributed by atoms with Crippen molar-refractivity contribution in [2.24, 2.45) is 0 Å². The first-order valence-corrected chi connectivity index (χ1v) is 5.84. The highest BCUT2D eigenvalue weighted by Crippen LogP contribution is 2.33. The minimum absolute atomic E-state index is 0.0838. The molecule has 1 aromatic rings. The van der Waals surface area contributed by atoms with E-state index in [9.17, 15) is 13.2 Å². The van der Waals surface area contributed by atoms with Gasteiger partial charge in [0.1, 0.15) is 0 Å². The summed E-state index contributed by atoms with van der Waals surface area (Å²) >= 11 is 3.28. The summed E-state index contributed by atoms with van der Waals surface area (Å²) in [6.07, 6.45) is -4.22. The lowest BCUT2D eigenvalue weighted by Crippen LogP contribution is -2.28. The molecule has 1 aromatic carbocycles. The Morgan fingerprint density at radius 1 is 1.17 bits per heavy atom. The molecule has 0 radical (unpaired) electrons. The molecule has 0 fully saturated rings. The van der Waals surface area contributed by atoms with E-state index < -0.39 is 12.7 Å². The van der Waals surface area contributed by atoms with E-state index in [1.807, 2.05) is 0 Å². The van der Waals surface area contributed by atoms with Crippen LogP contribution in [0.3, 0.4) is 0 Å². The van der Waals surface area contributed by atoms with Gasteiger partial charge in [0.25, 0.3) is 0 Å². The zero-order valence-electron chi connectivity index (χ0n) is 9.90. The fraction of sp³-hybridized carbons (Fsp3) is 0.455. The molecule has 0 atom stereocenters. The summed E-state index contributed by atoms with van der Waals surface area (Å²) in [5.41, 5.74) is 0.664. The molecule has 1 N–H and O–H groups in total. The molecule has 1 rings (SSSR count). The molecule has 0 unspecified atom stereocenters. The minimum atomic E-state index is -4.22. The number of ether oxygens (including phenoxy) is 2. The summed E-state index contributed by atoms with van der Waals surface area (Å²) in [7, 11) is 2.96. The van der Waals surface area contributed by atoms with E-state index in [1.54, 1.807) is 12.1 Å². The Morgan fingerprint density at radius 3 is 2.22 bits per heavy atom. The Morgan fingerprint density at radius 2 is 1.72 bits per heavy atom. The van der Waals surface area contributed by atoms with Crippen LogP contribution in [0.5, 0.6) is 11.5 Å². The minimum Gasteiger partial charge on any atom is -0.493 e. The zero-order valence-corrected chi connectivity index (χ0v) is 11.5. The number of alkyl halides is 3. The third-order valence-corrected chi connectivity index (χ3v) is 2.93. The molecule has 0 saturated carbocycles. The normalized spacial score (nSPS) is 11.4. The van der Waals surface area contributed by atoms with Crippen LogP contribution in [0.15, 0.2) is 16.6 Å². The Hall–Kier alpha value is -0.950. The van der Waals surface area contributed by atoms with Crippen LogP contribution >= 0.6 is 15.9 Å². The molecule has 0 aliphatic rings. The molecular weight excluding hydrogens is 315 g/mol. The van der Waals surface area contributed by atoms with E-state index in [-0.39, 0.29) is 6.54 Å². The monoisotopic (exact) mass is 327 g/mol. The van der Waals surface area contributed by atoms with Gasteiger partial charge in [-0.2, -0.15) is 13.2 Å². The van der Waals surface area contributed by atoms with Crippen molar-refractivity contribution >= 4 is 15.9 Å². The van der Waals surface area contributed by atoms with Crippen LogP contribution in [0.1, 0.15) is 5.56 Å². The van der Waals surface area contributed by atoms with Gasteiger partial charge in [0.05, 0.1) is 20.8 Å². The second kappa shape index (κ2) is 6.29. The molecule has 0 amide bonds. The van der Waals surface area contributed by atoms with Gasteiger partial charge in [-0.25, -0.2) is 0 Å². The smallest absolute Gasteiger partial charge is 0.401 e. The molecule has 0 heterocycles. The summed E-state index contributed by atoms with van der Waals surface area (Å²) in [5, 5.41) is 2.32. The Labute approximate surface area is 111 Å². The fourth-order valence-electron chi connectivity index (χ4n) is 1.37. The predicted molar refractivity (Wildman–Crippen MR) is 65.0 cm³/mol. The van der Waals surface area contributed by atoms with Crippen molar-refractivity contribution in [2.75, 3.05) is 20.8 Å². The lowest BCUT2D eigenvalue weighted by Gasteiger charge is -2.13. The molecule has 102 valence electrons. The van der Waals surface area contributed by atoms with Crippen molar-refractivity contribution in [3.8, 4) is 11.5 Å². The quantitative estimate of drug-likeness (QED) is 0.901. The highest BCUT2D eigenvalue weighted by molar-refractivity contribution is 9.10. The average Bonchev–Trinajstić information content (AvgIpc) is 2.29. The van der Waals surface area contributed by atoms with E-state index in [2.05, 4.69) is 21.2 Å². The first-order chi connectivity index (χ1) is 8.37. The van der Waals surface area contributed by atoms with Crippen molar-refractivity contribution in [1.82, 2.24) is 5.32 Å². The Bertz CT molecular complexity index is 410. The number of nitrogens with one attached hydrogen (secondary N) is 1. The van der Waals surface area contributed by atoms with Gasteiger partial charge in [-0.05, 0) is 17.7 Å². The van der Waals surface area contributed by atoms with Crippen LogP contribution < -0.4 is 14.8 Å². The second-order valence-electron chi connectivity index (χ2n) is 3.52. The molecular formula is C11H13BrF3NO2. The van der Waals surface area contributed by atoms with Gasteiger partial charge in [0.15, 0.2) is 11.5 Å². The van der Waals surface area contributed by atoms with Crippen LogP contribution in [0.2, 0.25) is 0 Å². The van der Waals surface area contributed by atoms with Gasteiger partial charge in [-0.15, -0.1) is 0 Å². The molecule has 0 spiro atoms. The molecule has 18 heavy (non-hydrogen) atoms. The van der Waals surface area contributed by atoms with Crippen LogP contribution in [0.4, 0.5) is 13.2 Å². The Balaban J connectivity index is 2.77. The van der Waals surface area contributed by atoms with E-state index >= 15 is 0 Å². The highest BCUT2D eigenvalue weighted by Gasteiger charge is 2.26. The van der Waals surface area contributed by atoms with E-state index in [0.717, 1.165) is 0 Å². The van der Waals surface area contributed by atoms with Crippen LogP contribution in [-0.4, -0.2) is 26.9 Å². The molecule has 0 aliphatic carbocycles.